The van der Waals surface area contributed by atoms with E-state index in [1.165, 1.54) is 0 Å². The van der Waals surface area contributed by atoms with Gasteiger partial charge in [-0.2, -0.15) is 0 Å². The van der Waals surface area contributed by atoms with Crippen LogP contribution < -0.4 is 5.32 Å². The van der Waals surface area contributed by atoms with E-state index < -0.39 is 0 Å². The fourth-order valence-electron chi connectivity index (χ4n) is 1.49. The number of nitrogens with one attached hydrogen (secondary N) is 1. The SMILES string of the molecule is COCCC(C)(C)CNc1nc(C)cnc1C. The second-order valence-corrected chi connectivity index (χ2v) is 5.21. The zero-order valence-electron chi connectivity index (χ0n) is 11.5. The summed E-state index contributed by atoms with van der Waals surface area (Å²) in [6.45, 7) is 10.0. The minimum atomic E-state index is 0.188. The number of aryl methyl sites for hydroxylation is 2. The number of aromatic nitrogens is 2. The summed E-state index contributed by atoms with van der Waals surface area (Å²) in [6, 6.07) is 0. The summed E-state index contributed by atoms with van der Waals surface area (Å²) < 4.78 is 5.12. The highest BCUT2D eigenvalue weighted by Crippen LogP contribution is 2.21. The van der Waals surface area contributed by atoms with Crippen molar-refractivity contribution in [2.75, 3.05) is 25.6 Å². The zero-order chi connectivity index (χ0) is 12.9. The van der Waals surface area contributed by atoms with Gasteiger partial charge in [-0.15, -0.1) is 0 Å². The molecule has 4 nitrogen and oxygen atoms in total. The molecule has 4 heteroatoms. The van der Waals surface area contributed by atoms with E-state index >= 15 is 0 Å². The summed E-state index contributed by atoms with van der Waals surface area (Å²) in [5.74, 6) is 0.885. The molecule has 0 fully saturated rings. The molecule has 1 aromatic rings. The van der Waals surface area contributed by atoms with Crippen LogP contribution >= 0.6 is 0 Å². The maximum atomic E-state index is 5.12. The van der Waals surface area contributed by atoms with E-state index in [1.807, 2.05) is 13.8 Å². The van der Waals surface area contributed by atoms with Crippen molar-refractivity contribution in [1.29, 1.82) is 0 Å². The number of nitrogens with zero attached hydrogens (tertiary/aromatic N) is 2. The van der Waals surface area contributed by atoms with Crippen LogP contribution in [0.2, 0.25) is 0 Å². The third-order valence-corrected chi connectivity index (χ3v) is 2.79. The van der Waals surface area contributed by atoms with Gasteiger partial charge in [0.15, 0.2) is 0 Å². The Morgan fingerprint density at radius 2 is 2.06 bits per heavy atom. The number of hydrogen-bond donors (Lipinski definition) is 1. The fraction of sp³-hybridized carbons (Fsp3) is 0.692. The molecule has 0 saturated heterocycles. The second-order valence-electron chi connectivity index (χ2n) is 5.21. The Balaban J connectivity index is 2.57. The van der Waals surface area contributed by atoms with Crippen LogP contribution in [0.3, 0.4) is 0 Å². The van der Waals surface area contributed by atoms with E-state index in [0.717, 1.165) is 36.8 Å². The van der Waals surface area contributed by atoms with E-state index in [1.54, 1.807) is 13.3 Å². The van der Waals surface area contributed by atoms with Crippen molar-refractivity contribution in [3.05, 3.63) is 17.6 Å². The van der Waals surface area contributed by atoms with Crippen LogP contribution in [-0.4, -0.2) is 30.2 Å². The molecule has 1 rings (SSSR count). The summed E-state index contributed by atoms with van der Waals surface area (Å²) >= 11 is 0. The first-order valence-electron chi connectivity index (χ1n) is 5.98. The first-order valence-corrected chi connectivity index (χ1v) is 5.98. The largest absolute Gasteiger partial charge is 0.385 e. The van der Waals surface area contributed by atoms with Crippen molar-refractivity contribution in [2.24, 2.45) is 5.41 Å². The molecule has 0 bridgehead atoms. The van der Waals surface area contributed by atoms with Crippen LogP contribution in [0.1, 0.15) is 31.7 Å². The van der Waals surface area contributed by atoms with Gasteiger partial charge in [-0.1, -0.05) is 13.8 Å². The summed E-state index contributed by atoms with van der Waals surface area (Å²) in [6.07, 6.45) is 2.81. The van der Waals surface area contributed by atoms with Gasteiger partial charge >= 0.3 is 0 Å². The third-order valence-electron chi connectivity index (χ3n) is 2.79. The van der Waals surface area contributed by atoms with Crippen molar-refractivity contribution in [3.8, 4) is 0 Å². The molecule has 96 valence electrons. The molecule has 17 heavy (non-hydrogen) atoms. The quantitative estimate of drug-likeness (QED) is 0.826. The monoisotopic (exact) mass is 237 g/mol. The normalized spacial score (nSPS) is 11.6. The Bertz CT molecular complexity index is 364. The number of ether oxygens (including phenoxy) is 1. The molecule has 0 aliphatic carbocycles. The van der Waals surface area contributed by atoms with Crippen LogP contribution in [0.25, 0.3) is 0 Å². The maximum absolute atomic E-state index is 5.12. The predicted octanol–water partition coefficient (Wildman–Crippen LogP) is 2.57. The Labute approximate surface area is 104 Å². The molecular weight excluding hydrogens is 214 g/mol. The van der Waals surface area contributed by atoms with Crippen molar-refractivity contribution in [3.63, 3.8) is 0 Å². The number of methoxy groups -OCH3 is 1. The first-order chi connectivity index (χ1) is 7.94. The molecule has 0 saturated carbocycles. The minimum absolute atomic E-state index is 0.188. The first kappa shape index (κ1) is 13.9. The lowest BCUT2D eigenvalue weighted by Crippen LogP contribution is -2.25. The van der Waals surface area contributed by atoms with E-state index in [0.29, 0.717) is 0 Å². The van der Waals surface area contributed by atoms with Crippen LogP contribution in [0.15, 0.2) is 6.20 Å². The van der Waals surface area contributed by atoms with Gasteiger partial charge in [0.05, 0.1) is 11.4 Å². The molecule has 0 aromatic carbocycles. The smallest absolute Gasteiger partial charge is 0.147 e. The van der Waals surface area contributed by atoms with Gasteiger partial charge in [-0.05, 0) is 25.7 Å². The average Bonchev–Trinajstić information content (AvgIpc) is 2.28. The minimum Gasteiger partial charge on any atom is -0.385 e. The number of hydrogen-bond acceptors (Lipinski definition) is 4. The molecule has 0 radical (unpaired) electrons. The highest BCUT2D eigenvalue weighted by atomic mass is 16.5. The van der Waals surface area contributed by atoms with Gasteiger partial charge in [-0.25, -0.2) is 4.98 Å². The van der Waals surface area contributed by atoms with Gasteiger partial charge in [0, 0.05) is 26.5 Å². The lowest BCUT2D eigenvalue weighted by Gasteiger charge is -2.25. The molecular formula is C13H23N3O. The summed E-state index contributed by atoms with van der Waals surface area (Å²) in [5.41, 5.74) is 2.07. The van der Waals surface area contributed by atoms with Crippen molar-refractivity contribution in [2.45, 2.75) is 34.1 Å². The van der Waals surface area contributed by atoms with Gasteiger partial charge < -0.3 is 10.1 Å². The molecule has 0 unspecified atom stereocenters. The van der Waals surface area contributed by atoms with E-state index in [9.17, 15) is 0 Å². The predicted molar refractivity (Wildman–Crippen MR) is 70.3 cm³/mol. The Morgan fingerprint density at radius 3 is 2.71 bits per heavy atom. The van der Waals surface area contributed by atoms with Crippen molar-refractivity contribution < 1.29 is 4.74 Å². The van der Waals surface area contributed by atoms with Crippen LogP contribution in [-0.2, 0) is 4.74 Å². The Hall–Kier alpha value is -1.16. The van der Waals surface area contributed by atoms with Gasteiger partial charge in [0.2, 0.25) is 0 Å². The third kappa shape index (κ3) is 4.69. The van der Waals surface area contributed by atoms with E-state index in [-0.39, 0.29) is 5.41 Å². The topological polar surface area (TPSA) is 47.0 Å². The molecule has 0 aliphatic rings. The molecule has 1 aromatic heterocycles. The van der Waals surface area contributed by atoms with Crippen molar-refractivity contribution >= 4 is 5.82 Å². The molecule has 0 amide bonds. The summed E-state index contributed by atoms with van der Waals surface area (Å²) in [7, 11) is 1.74. The van der Waals surface area contributed by atoms with Gasteiger partial charge in [0.25, 0.3) is 0 Å². The number of anilines is 1. The Kier molecular flexibility index (Phi) is 4.87. The molecule has 0 aliphatic heterocycles. The number of rotatable bonds is 6. The highest BCUT2D eigenvalue weighted by Gasteiger charge is 2.17. The molecule has 1 N–H and O–H groups in total. The standard InChI is InChI=1S/C13H23N3O/c1-10-8-14-11(2)12(16-10)15-9-13(3,4)6-7-17-5/h8H,6-7,9H2,1-5H3,(H,15,16). The van der Waals surface area contributed by atoms with Gasteiger partial charge in [-0.3, -0.25) is 4.98 Å². The molecule has 0 atom stereocenters. The lowest BCUT2D eigenvalue weighted by atomic mass is 9.90. The van der Waals surface area contributed by atoms with Crippen LogP contribution in [0, 0.1) is 19.3 Å². The van der Waals surface area contributed by atoms with Crippen molar-refractivity contribution in [1.82, 2.24) is 9.97 Å². The fourth-order valence-corrected chi connectivity index (χ4v) is 1.49. The lowest BCUT2D eigenvalue weighted by molar-refractivity contribution is 0.157. The maximum Gasteiger partial charge on any atom is 0.147 e. The molecule has 1 heterocycles. The van der Waals surface area contributed by atoms with Crippen LogP contribution in [0.5, 0.6) is 0 Å². The second kappa shape index (κ2) is 5.96. The highest BCUT2D eigenvalue weighted by molar-refractivity contribution is 5.39. The Morgan fingerprint density at radius 1 is 1.35 bits per heavy atom. The molecule has 0 spiro atoms. The summed E-state index contributed by atoms with van der Waals surface area (Å²) in [5, 5.41) is 3.37. The van der Waals surface area contributed by atoms with Gasteiger partial charge in [0.1, 0.15) is 5.82 Å². The summed E-state index contributed by atoms with van der Waals surface area (Å²) in [4.78, 5) is 8.74. The van der Waals surface area contributed by atoms with E-state index in [4.69, 9.17) is 4.74 Å². The van der Waals surface area contributed by atoms with Crippen LogP contribution in [0.4, 0.5) is 5.82 Å². The average molecular weight is 237 g/mol. The van der Waals surface area contributed by atoms with E-state index in [2.05, 4.69) is 29.1 Å². The zero-order valence-corrected chi connectivity index (χ0v) is 11.5.